The molecule has 26 heavy (non-hydrogen) atoms. The van der Waals surface area contributed by atoms with E-state index in [-0.39, 0.29) is 11.8 Å². The molecule has 2 heterocycles. The number of benzene rings is 2. The van der Waals surface area contributed by atoms with E-state index in [1.165, 1.54) is 12.1 Å². The summed E-state index contributed by atoms with van der Waals surface area (Å²) in [5, 5.41) is 3.26. The van der Waals surface area contributed by atoms with Crippen LogP contribution in [0.3, 0.4) is 0 Å². The molecule has 0 amide bonds. The number of anilines is 3. The highest BCUT2D eigenvalue weighted by atomic mass is 19.1. The van der Waals surface area contributed by atoms with E-state index >= 15 is 0 Å². The third-order valence-electron chi connectivity index (χ3n) is 3.98. The minimum absolute atomic E-state index is 0.170. The van der Waals surface area contributed by atoms with Gasteiger partial charge in [-0.15, -0.1) is 0 Å². The molecular weight excluding hydrogens is 329 g/mol. The van der Waals surface area contributed by atoms with Crippen molar-refractivity contribution in [1.29, 1.82) is 0 Å². The lowest BCUT2D eigenvalue weighted by Gasteiger charge is -2.10. The van der Waals surface area contributed by atoms with Crippen LogP contribution in [-0.2, 0) is 0 Å². The van der Waals surface area contributed by atoms with Crippen LogP contribution in [-0.4, -0.2) is 15.0 Å². The first-order valence-electron chi connectivity index (χ1n) is 8.12. The molecule has 0 bridgehead atoms. The zero-order valence-corrected chi connectivity index (χ0v) is 14.1. The Morgan fingerprint density at radius 2 is 1.73 bits per heavy atom. The van der Waals surface area contributed by atoms with Crippen molar-refractivity contribution >= 4 is 28.5 Å². The van der Waals surface area contributed by atoms with Crippen LogP contribution in [0.4, 0.5) is 21.8 Å². The molecule has 3 N–H and O–H groups in total. The Hall–Kier alpha value is -3.54. The largest absolute Gasteiger partial charge is 0.368 e. The van der Waals surface area contributed by atoms with Crippen molar-refractivity contribution in [3.05, 3.63) is 72.0 Å². The number of nitrogens with zero attached hydrogens (tertiary/aromatic N) is 3. The molecule has 4 aromatic rings. The standard InChI is InChI=1S/C20H16FN5/c1-12-3-2-4-15(11-12)23-19-18-17(25-20(22)26-19)10-9-16(24-18)13-5-7-14(21)8-6-13/h2-11H,1H3,(H3,22,23,25,26). The summed E-state index contributed by atoms with van der Waals surface area (Å²) in [7, 11) is 0. The van der Waals surface area contributed by atoms with Crippen molar-refractivity contribution in [2.24, 2.45) is 0 Å². The van der Waals surface area contributed by atoms with E-state index in [0.29, 0.717) is 22.5 Å². The lowest BCUT2D eigenvalue weighted by molar-refractivity contribution is 0.628. The second-order valence-corrected chi connectivity index (χ2v) is 6.00. The van der Waals surface area contributed by atoms with Gasteiger partial charge in [0, 0.05) is 11.3 Å². The van der Waals surface area contributed by atoms with Crippen LogP contribution in [0, 0.1) is 12.7 Å². The topological polar surface area (TPSA) is 76.7 Å². The van der Waals surface area contributed by atoms with Gasteiger partial charge in [-0.3, -0.25) is 0 Å². The number of nitrogens with one attached hydrogen (secondary N) is 1. The van der Waals surface area contributed by atoms with E-state index in [0.717, 1.165) is 16.8 Å². The Balaban J connectivity index is 1.83. The number of hydrogen-bond donors (Lipinski definition) is 2. The van der Waals surface area contributed by atoms with Gasteiger partial charge >= 0.3 is 0 Å². The summed E-state index contributed by atoms with van der Waals surface area (Å²) in [5.74, 6) is 0.415. The molecule has 5 nitrogen and oxygen atoms in total. The summed E-state index contributed by atoms with van der Waals surface area (Å²) in [6.45, 7) is 2.02. The third-order valence-corrected chi connectivity index (χ3v) is 3.98. The predicted octanol–water partition coefficient (Wildman–Crippen LogP) is 4.47. The molecule has 0 spiro atoms. The average molecular weight is 345 g/mol. The Morgan fingerprint density at radius 3 is 2.50 bits per heavy atom. The average Bonchev–Trinajstić information content (AvgIpc) is 2.62. The highest BCUT2D eigenvalue weighted by Gasteiger charge is 2.10. The fourth-order valence-corrected chi connectivity index (χ4v) is 2.76. The van der Waals surface area contributed by atoms with Gasteiger partial charge in [0.15, 0.2) is 5.82 Å². The zero-order valence-electron chi connectivity index (χ0n) is 14.1. The normalized spacial score (nSPS) is 10.8. The minimum atomic E-state index is -0.285. The lowest BCUT2D eigenvalue weighted by Crippen LogP contribution is -2.03. The van der Waals surface area contributed by atoms with Gasteiger partial charge in [0.05, 0.1) is 11.2 Å². The molecular formula is C20H16FN5. The van der Waals surface area contributed by atoms with Crippen molar-refractivity contribution in [1.82, 2.24) is 15.0 Å². The molecule has 0 unspecified atom stereocenters. The lowest BCUT2D eigenvalue weighted by atomic mass is 10.1. The molecule has 0 atom stereocenters. The highest BCUT2D eigenvalue weighted by molar-refractivity contribution is 5.89. The Kier molecular flexibility index (Phi) is 3.93. The second-order valence-electron chi connectivity index (χ2n) is 6.00. The van der Waals surface area contributed by atoms with Gasteiger partial charge in [-0.2, -0.15) is 4.98 Å². The monoisotopic (exact) mass is 345 g/mol. The number of pyridine rings is 1. The van der Waals surface area contributed by atoms with E-state index in [2.05, 4.69) is 20.3 Å². The first kappa shape index (κ1) is 16.0. The molecule has 0 aliphatic carbocycles. The van der Waals surface area contributed by atoms with Crippen LogP contribution in [0.15, 0.2) is 60.7 Å². The number of nitrogen functional groups attached to an aromatic ring is 1. The van der Waals surface area contributed by atoms with Gasteiger partial charge < -0.3 is 11.1 Å². The van der Waals surface area contributed by atoms with Crippen LogP contribution in [0.5, 0.6) is 0 Å². The summed E-state index contributed by atoms with van der Waals surface area (Å²) in [6, 6.07) is 17.8. The van der Waals surface area contributed by atoms with Crippen molar-refractivity contribution in [2.75, 3.05) is 11.1 Å². The van der Waals surface area contributed by atoms with E-state index in [9.17, 15) is 4.39 Å². The van der Waals surface area contributed by atoms with Gasteiger partial charge in [0.25, 0.3) is 0 Å². The molecule has 0 radical (unpaired) electrons. The van der Waals surface area contributed by atoms with Crippen molar-refractivity contribution in [2.45, 2.75) is 6.92 Å². The van der Waals surface area contributed by atoms with Gasteiger partial charge in [0.1, 0.15) is 11.3 Å². The van der Waals surface area contributed by atoms with Crippen molar-refractivity contribution < 1.29 is 4.39 Å². The van der Waals surface area contributed by atoms with Gasteiger partial charge in [-0.25, -0.2) is 14.4 Å². The summed E-state index contributed by atoms with van der Waals surface area (Å²) < 4.78 is 13.2. The molecule has 4 rings (SSSR count). The summed E-state index contributed by atoms with van der Waals surface area (Å²) in [6.07, 6.45) is 0. The summed E-state index contributed by atoms with van der Waals surface area (Å²) in [5.41, 5.74) is 10.6. The summed E-state index contributed by atoms with van der Waals surface area (Å²) in [4.78, 5) is 13.2. The number of nitrogens with two attached hydrogens (primary N) is 1. The molecule has 0 aliphatic heterocycles. The van der Waals surface area contributed by atoms with Crippen molar-refractivity contribution in [3.63, 3.8) is 0 Å². The minimum Gasteiger partial charge on any atom is -0.368 e. The van der Waals surface area contributed by atoms with Crippen LogP contribution in [0.25, 0.3) is 22.3 Å². The fourth-order valence-electron chi connectivity index (χ4n) is 2.76. The van der Waals surface area contributed by atoms with Gasteiger partial charge in [0.2, 0.25) is 5.95 Å². The molecule has 2 aromatic carbocycles. The molecule has 2 aromatic heterocycles. The Labute approximate surface area is 149 Å². The van der Waals surface area contributed by atoms with E-state index in [4.69, 9.17) is 5.73 Å². The SMILES string of the molecule is Cc1cccc(Nc2nc(N)nc3ccc(-c4ccc(F)cc4)nc23)c1. The maximum atomic E-state index is 13.2. The van der Waals surface area contributed by atoms with Crippen LogP contribution in [0.2, 0.25) is 0 Å². The fraction of sp³-hybridized carbons (Fsp3) is 0.0500. The number of halogens is 1. The first-order valence-corrected chi connectivity index (χ1v) is 8.12. The number of rotatable bonds is 3. The number of fused-ring (bicyclic) bond motifs is 1. The molecule has 128 valence electrons. The zero-order chi connectivity index (χ0) is 18.1. The highest BCUT2D eigenvalue weighted by Crippen LogP contribution is 2.27. The maximum Gasteiger partial charge on any atom is 0.222 e. The third kappa shape index (κ3) is 3.17. The smallest absolute Gasteiger partial charge is 0.222 e. The molecule has 6 heteroatoms. The second kappa shape index (κ2) is 6.40. The molecule has 0 aliphatic rings. The Bertz CT molecular complexity index is 1090. The number of aryl methyl sites for hydroxylation is 1. The van der Waals surface area contributed by atoms with E-state index in [1.807, 2.05) is 43.3 Å². The predicted molar refractivity (Wildman–Crippen MR) is 102 cm³/mol. The van der Waals surface area contributed by atoms with E-state index in [1.54, 1.807) is 12.1 Å². The number of aromatic nitrogens is 3. The first-order chi connectivity index (χ1) is 12.6. The van der Waals surface area contributed by atoms with Crippen molar-refractivity contribution in [3.8, 4) is 11.3 Å². The van der Waals surface area contributed by atoms with Crippen LogP contribution in [0.1, 0.15) is 5.56 Å². The quantitative estimate of drug-likeness (QED) is 0.573. The van der Waals surface area contributed by atoms with Crippen LogP contribution >= 0.6 is 0 Å². The maximum absolute atomic E-state index is 13.2. The van der Waals surface area contributed by atoms with Gasteiger partial charge in [-0.1, -0.05) is 12.1 Å². The summed E-state index contributed by atoms with van der Waals surface area (Å²) >= 11 is 0. The Morgan fingerprint density at radius 1 is 0.923 bits per heavy atom. The number of hydrogen-bond acceptors (Lipinski definition) is 5. The molecule has 0 saturated carbocycles. The van der Waals surface area contributed by atoms with E-state index < -0.39 is 0 Å². The molecule has 0 fully saturated rings. The molecule has 0 saturated heterocycles. The van der Waals surface area contributed by atoms with Crippen LogP contribution < -0.4 is 11.1 Å². The van der Waals surface area contributed by atoms with Gasteiger partial charge in [-0.05, 0) is 61.0 Å².